The first-order chi connectivity index (χ1) is 8.75. The predicted molar refractivity (Wildman–Crippen MR) is 78.6 cm³/mol. The molecule has 0 aliphatic heterocycles. The summed E-state index contributed by atoms with van der Waals surface area (Å²) in [5.41, 5.74) is 5.63. The van der Waals surface area contributed by atoms with E-state index in [4.69, 9.17) is 5.73 Å². The van der Waals surface area contributed by atoms with Gasteiger partial charge in [-0.2, -0.15) is 0 Å². The van der Waals surface area contributed by atoms with E-state index >= 15 is 0 Å². The van der Waals surface area contributed by atoms with Gasteiger partial charge in [-0.3, -0.25) is 4.79 Å². The highest BCUT2D eigenvalue weighted by atomic mass is 32.2. The molecule has 0 radical (unpaired) electrons. The molecule has 0 heterocycles. The molecule has 5 heteroatoms. The second-order valence-electron chi connectivity index (χ2n) is 5.18. The number of hydrogen-bond donors (Lipinski definition) is 2. The Morgan fingerprint density at radius 1 is 1.53 bits per heavy atom. The Hall–Kier alpha value is -1.23. The van der Waals surface area contributed by atoms with E-state index in [1.807, 2.05) is 20.8 Å². The zero-order valence-electron chi connectivity index (χ0n) is 11.8. The molecule has 1 amide bonds. The molecular weight excluding hydrogens is 263 g/mol. The van der Waals surface area contributed by atoms with Crippen molar-refractivity contribution in [2.24, 2.45) is 0 Å². The van der Waals surface area contributed by atoms with E-state index in [0.29, 0.717) is 10.6 Å². The van der Waals surface area contributed by atoms with Crippen molar-refractivity contribution in [1.29, 1.82) is 0 Å². The summed E-state index contributed by atoms with van der Waals surface area (Å²) in [6.45, 7) is 7.71. The summed E-state index contributed by atoms with van der Waals surface area (Å²) in [5.74, 6) is -0.479. The summed E-state index contributed by atoms with van der Waals surface area (Å²) < 4.78 is 13.6. The van der Waals surface area contributed by atoms with Gasteiger partial charge in [-0.25, -0.2) is 4.39 Å². The number of nitrogens with one attached hydrogen (secondary N) is 1. The van der Waals surface area contributed by atoms with Crippen molar-refractivity contribution in [3.8, 4) is 0 Å². The molecule has 0 aliphatic rings. The third-order valence-electron chi connectivity index (χ3n) is 2.97. The minimum Gasteiger partial charge on any atom is -0.399 e. The number of nitrogen functional groups attached to an aromatic ring is 1. The molecular formula is C14H21FN2OS. The number of anilines is 1. The average molecular weight is 284 g/mol. The molecule has 1 aromatic rings. The number of thioether (sulfide) groups is 1. The second-order valence-corrected chi connectivity index (χ2v) is 6.56. The number of hydrogen-bond acceptors (Lipinski definition) is 3. The molecule has 1 unspecified atom stereocenters. The lowest BCUT2D eigenvalue weighted by molar-refractivity contribution is -0.121. The van der Waals surface area contributed by atoms with Gasteiger partial charge in [0.2, 0.25) is 5.91 Å². The van der Waals surface area contributed by atoms with Crippen molar-refractivity contribution >= 4 is 23.4 Å². The smallest absolute Gasteiger partial charge is 0.233 e. The molecule has 1 aromatic carbocycles. The predicted octanol–water partition coefficient (Wildman–Crippen LogP) is 3.19. The molecule has 0 aliphatic carbocycles. The standard InChI is InChI=1S/C14H21FN2OS/c1-5-14(3,4)17-13(18)9(2)19-12-7-6-10(16)8-11(12)15/h6-9H,5,16H2,1-4H3,(H,17,18). The van der Waals surface area contributed by atoms with Crippen LogP contribution in [-0.2, 0) is 4.79 Å². The Balaban J connectivity index is 2.69. The van der Waals surface area contributed by atoms with Crippen molar-refractivity contribution < 1.29 is 9.18 Å². The number of benzene rings is 1. The largest absolute Gasteiger partial charge is 0.399 e. The molecule has 0 aromatic heterocycles. The highest BCUT2D eigenvalue weighted by molar-refractivity contribution is 8.00. The molecule has 3 nitrogen and oxygen atoms in total. The van der Waals surface area contributed by atoms with E-state index in [9.17, 15) is 9.18 Å². The number of rotatable bonds is 5. The second kappa shape index (κ2) is 6.28. The van der Waals surface area contributed by atoms with Crippen molar-refractivity contribution in [2.45, 2.75) is 49.8 Å². The minimum absolute atomic E-state index is 0.0897. The number of halogens is 1. The topological polar surface area (TPSA) is 55.1 Å². The highest BCUT2D eigenvalue weighted by Gasteiger charge is 2.23. The number of amides is 1. The van der Waals surface area contributed by atoms with Crippen LogP contribution < -0.4 is 11.1 Å². The average Bonchev–Trinajstić information content (AvgIpc) is 2.32. The van der Waals surface area contributed by atoms with E-state index in [-0.39, 0.29) is 22.5 Å². The Morgan fingerprint density at radius 3 is 2.68 bits per heavy atom. The van der Waals surface area contributed by atoms with Crippen LogP contribution in [0.2, 0.25) is 0 Å². The Morgan fingerprint density at radius 2 is 2.16 bits per heavy atom. The van der Waals surface area contributed by atoms with Crippen LogP contribution in [0.4, 0.5) is 10.1 Å². The molecule has 0 saturated carbocycles. The van der Waals surface area contributed by atoms with Crippen molar-refractivity contribution in [2.75, 3.05) is 5.73 Å². The number of nitrogens with two attached hydrogens (primary N) is 1. The Bertz CT molecular complexity index is 463. The molecule has 0 bridgehead atoms. The summed E-state index contributed by atoms with van der Waals surface area (Å²) in [4.78, 5) is 12.5. The van der Waals surface area contributed by atoms with Gasteiger partial charge in [0.15, 0.2) is 0 Å². The molecule has 0 saturated heterocycles. The summed E-state index contributed by atoms with van der Waals surface area (Å²) in [6.07, 6.45) is 0.840. The maximum atomic E-state index is 13.6. The SMILES string of the molecule is CCC(C)(C)NC(=O)C(C)Sc1ccc(N)cc1F. The summed E-state index contributed by atoms with van der Waals surface area (Å²) >= 11 is 1.20. The lowest BCUT2D eigenvalue weighted by Crippen LogP contribution is -2.46. The molecule has 0 spiro atoms. The molecule has 0 fully saturated rings. The van der Waals surface area contributed by atoms with Crippen molar-refractivity contribution in [3.63, 3.8) is 0 Å². The van der Waals surface area contributed by atoms with Crippen LogP contribution in [0, 0.1) is 5.82 Å². The zero-order chi connectivity index (χ0) is 14.6. The fourth-order valence-electron chi connectivity index (χ4n) is 1.38. The first-order valence-electron chi connectivity index (χ1n) is 6.29. The normalized spacial score (nSPS) is 13.1. The first kappa shape index (κ1) is 15.8. The summed E-state index contributed by atoms with van der Waals surface area (Å²) in [5, 5.41) is 2.59. The minimum atomic E-state index is -0.389. The quantitative estimate of drug-likeness (QED) is 0.645. The summed E-state index contributed by atoms with van der Waals surface area (Å²) in [7, 11) is 0. The maximum absolute atomic E-state index is 13.6. The fourth-order valence-corrected chi connectivity index (χ4v) is 2.25. The molecule has 1 atom stereocenters. The van der Waals surface area contributed by atoms with Crippen LogP contribution in [0.25, 0.3) is 0 Å². The lowest BCUT2D eigenvalue weighted by atomic mass is 10.0. The van der Waals surface area contributed by atoms with Gasteiger partial charge >= 0.3 is 0 Å². The van der Waals surface area contributed by atoms with Gasteiger partial charge in [-0.1, -0.05) is 6.92 Å². The van der Waals surface area contributed by atoms with Crippen LogP contribution in [0.5, 0.6) is 0 Å². The van der Waals surface area contributed by atoms with Crippen LogP contribution in [0.1, 0.15) is 34.1 Å². The van der Waals surface area contributed by atoms with Gasteiger partial charge in [0.25, 0.3) is 0 Å². The Labute approximate surface area is 118 Å². The summed E-state index contributed by atoms with van der Waals surface area (Å²) in [6, 6.07) is 4.50. The highest BCUT2D eigenvalue weighted by Crippen LogP contribution is 2.27. The van der Waals surface area contributed by atoms with Crippen LogP contribution in [0.15, 0.2) is 23.1 Å². The zero-order valence-corrected chi connectivity index (χ0v) is 12.6. The van der Waals surface area contributed by atoms with Crippen LogP contribution in [-0.4, -0.2) is 16.7 Å². The number of carbonyl (C=O) groups excluding carboxylic acids is 1. The van der Waals surface area contributed by atoms with Crippen molar-refractivity contribution in [1.82, 2.24) is 5.32 Å². The van der Waals surface area contributed by atoms with Gasteiger partial charge in [0, 0.05) is 16.1 Å². The first-order valence-corrected chi connectivity index (χ1v) is 7.17. The van der Waals surface area contributed by atoms with E-state index < -0.39 is 0 Å². The van der Waals surface area contributed by atoms with E-state index in [0.717, 1.165) is 6.42 Å². The Kier molecular flexibility index (Phi) is 5.23. The number of carbonyl (C=O) groups is 1. The molecule has 1 rings (SSSR count). The van der Waals surface area contributed by atoms with Crippen molar-refractivity contribution in [3.05, 3.63) is 24.0 Å². The molecule has 106 valence electrons. The van der Waals surface area contributed by atoms with E-state index in [2.05, 4.69) is 5.32 Å². The molecule has 19 heavy (non-hydrogen) atoms. The van der Waals surface area contributed by atoms with Crippen LogP contribution >= 0.6 is 11.8 Å². The monoisotopic (exact) mass is 284 g/mol. The third kappa shape index (κ3) is 4.74. The maximum Gasteiger partial charge on any atom is 0.233 e. The van der Waals surface area contributed by atoms with Gasteiger partial charge in [0.05, 0.1) is 5.25 Å². The van der Waals surface area contributed by atoms with Gasteiger partial charge in [0.1, 0.15) is 5.82 Å². The third-order valence-corrected chi connectivity index (χ3v) is 4.13. The van der Waals surface area contributed by atoms with Crippen LogP contribution in [0.3, 0.4) is 0 Å². The van der Waals surface area contributed by atoms with E-state index in [1.54, 1.807) is 19.1 Å². The van der Waals surface area contributed by atoms with Gasteiger partial charge in [-0.05, 0) is 45.4 Å². The van der Waals surface area contributed by atoms with E-state index in [1.165, 1.54) is 17.8 Å². The van der Waals surface area contributed by atoms with Gasteiger partial charge in [-0.15, -0.1) is 11.8 Å². The fraction of sp³-hybridized carbons (Fsp3) is 0.500. The molecule has 3 N–H and O–H groups in total. The lowest BCUT2D eigenvalue weighted by Gasteiger charge is -2.26. The van der Waals surface area contributed by atoms with Gasteiger partial charge < -0.3 is 11.1 Å².